The van der Waals surface area contributed by atoms with Crippen molar-refractivity contribution in [1.82, 2.24) is 10.2 Å². The Balaban J connectivity index is 1.97. The zero-order valence-electron chi connectivity index (χ0n) is 8.15. The average molecular weight is 199 g/mol. The topological polar surface area (TPSA) is 78.6 Å². The lowest BCUT2D eigenvalue weighted by Crippen LogP contribution is -2.55. The standard InChI is InChI=1S/C9H17N3O2/c10-6-1-2-7(9(6)14)12-4-3-11-8(13)5-12/h6-7,9,14H,1-5,10H2,(H,11,13)/t6-,7-,9-/m1/s1. The van der Waals surface area contributed by atoms with E-state index in [-0.39, 0.29) is 18.0 Å². The summed E-state index contributed by atoms with van der Waals surface area (Å²) in [4.78, 5) is 13.2. The second kappa shape index (κ2) is 3.84. The van der Waals surface area contributed by atoms with Gasteiger partial charge in [-0.2, -0.15) is 0 Å². The fourth-order valence-corrected chi connectivity index (χ4v) is 2.33. The van der Waals surface area contributed by atoms with Crippen molar-refractivity contribution in [2.75, 3.05) is 19.6 Å². The van der Waals surface area contributed by atoms with Gasteiger partial charge in [0, 0.05) is 25.2 Å². The number of amides is 1. The van der Waals surface area contributed by atoms with Gasteiger partial charge in [-0.3, -0.25) is 9.69 Å². The van der Waals surface area contributed by atoms with E-state index in [0.29, 0.717) is 13.1 Å². The van der Waals surface area contributed by atoms with E-state index >= 15 is 0 Å². The van der Waals surface area contributed by atoms with E-state index in [1.807, 2.05) is 4.90 Å². The van der Waals surface area contributed by atoms with Gasteiger partial charge in [-0.25, -0.2) is 0 Å². The summed E-state index contributed by atoms with van der Waals surface area (Å²) in [6.07, 6.45) is 1.28. The Morgan fingerprint density at radius 3 is 2.86 bits per heavy atom. The van der Waals surface area contributed by atoms with Crippen molar-refractivity contribution in [3.63, 3.8) is 0 Å². The first kappa shape index (κ1) is 9.89. The zero-order valence-corrected chi connectivity index (χ0v) is 8.15. The Kier molecular flexibility index (Phi) is 2.71. The summed E-state index contributed by atoms with van der Waals surface area (Å²) in [5.74, 6) is 0.0453. The monoisotopic (exact) mass is 199 g/mol. The van der Waals surface area contributed by atoms with Gasteiger partial charge in [-0.15, -0.1) is 0 Å². The fraction of sp³-hybridized carbons (Fsp3) is 0.889. The molecular formula is C9H17N3O2. The van der Waals surface area contributed by atoms with Crippen molar-refractivity contribution in [1.29, 1.82) is 0 Å². The van der Waals surface area contributed by atoms with E-state index in [9.17, 15) is 9.90 Å². The van der Waals surface area contributed by atoms with Crippen LogP contribution in [0.1, 0.15) is 12.8 Å². The molecule has 0 aromatic rings. The Bertz CT molecular complexity index is 234. The molecule has 1 amide bonds. The van der Waals surface area contributed by atoms with E-state index in [1.165, 1.54) is 0 Å². The zero-order chi connectivity index (χ0) is 10.1. The van der Waals surface area contributed by atoms with E-state index in [4.69, 9.17) is 5.73 Å². The lowest BCUT2D eigenvalue weighted by Gasteiger charge is -2.34. The van der Waals surface area contributed by atoms with E-state index in [0.717, 1.165) is 19.4 Å². The summed E-state index contributed by atoms with van der Waals surface area (Å²) in [7, 11) is 0. The Morgan fingerprint density at radius 1 is 1.50 bits per heavy atom. The van der Waals surface area contributed by atoms with Crippen LogP contribution < -0.4 is 11.1 Å². The third-order valence-electron chi connectivity index (χ3n) is 3.17. The second-order valence-corrected chi connectivity index (χ2v) is 4.12. The number of piperazine rings is 1. The van der Waals surface area contributed by atoms with Gasteiger partial charge in [-0.05, 0) is 12.8 Å². The predicted octanol–water partition coefficient (Wildman–Crippen LogP) is -1.73. The van der Waals surface area contributed by atoms with Crippen LogP contribution in [0.15, 0.2) is 0 Å². The maximum absolute atomic E-state index is 11.2. The summed E-state index contributed by atoms with van der Waals surface area (Å²) in [5.41, 5.74) is 5.73. The molecule has 2 aliphatic rings. The largest absolute Gasteiger partial charge is 0.390 e. The van der Waals surface area contributed by atoms with Gasteiger partial charge in [0.1, 0.15) is 0 Å². The summed E-state index contributed by atoms with van der Waals surface area (Å²) < 4.78 is 0. The minimum absolute atomic E-state index is 0.0453. The highest BCUT2D eigenvalue weighted by Gasteiger charge is 2.37. The second-order valence-electron chi connectivity index (χ2n) is 4.12. The van der Waals surface area contributed by atoms with Crippen LogP contribution in [0.5, 0.6) is 0 Å². The maximum atomic E-state index is 11.2. The van der Waals surface area contributed by atoms with Crippen LogP contribution in [-0.2, 0) is 4.79 Å². The highest BCUT2D eigenvalue weighted by molar-refractivity contribution is 5.78. The van der Waals surface area contributed by atoms with Crippen LogP contribution in [0.25, 0.3) is 0 Å². The quantitative estimate of drug-likeness (QED) is 0.469. The van der Waals surface area contributed by atoms with Gasteiger partial charge in [0.15, 0.2) is 0 Å². The summed E-state index contributed by atoms with van der Waals surface area (Å²) in [5, 5.41) is 12.6. The van der Waals surface area contributed by atoms with Crippen molar-refractivity contribution >= 4 is 5.91 Å². The van der Waals surface area contributed by atoms with Gasteiger partial charge < -0.3 is 16.2 Å². The lowest BCUT2D eigenvalue weighted by molar-refractivity contribution is -0.125. The number of rotatable bonds is 1. The molecule has 1 saturated carbocycles. The molecule has 0 bridgehead atoms. The highest BCUT2D eigenvalue weighted by atomic mass is 16.3. The molecule has 4 N–H and O–H groups in total. The van der Waals surface area contributed by atoms with Crippen molar-refractivity contribution in [2.24, 2.45) is 5.73 Å². The van der Waals surface area contributed by atoms with Gasteiger partial charge >= 0.3 is 0 Å². The number of nitrogens with two attached hydrogens (primary N) is 1. The number of hydrogen-bond donors (Lipinski definition) is 3. The molecule has 0 aromatic heterocycles. The molecule has 1 heterocycles. The van der Waals surface area contributed by atoms with Crippen LogP contribution in [0.2, 0.25) is 0 Å². The maximum Gasteiger partial charge on any atom is 0.234 e. The molecule has 5 nitrogen and oxygen atoms in total. The summed E-state index contributed by atoms with van der Waals surface area (Å²) in [6.45, 7) is 1.89. The molecule has 5 heteroatoms. The Labute approximate surface area is 83.3 Å². The van der Waals surface area contributed by atoms with E-state index in [1.54, 1.807) is 0 Å². The van der Waals surface area contributed by atoms with Crippen LogP contribution >= 0.6 is 0 Å². The third-order valence-corrected chi connectivity index (χ3v) is 3.17. The van der Waals surface area contributed by atoms with Gasteiger partial charge in [-0.1, -0.05) is 0 Å². The number of nitrogens with one attached hydrogen (secondary N) is 1. The number of carbonyl (C=O) groups is 1. The molecule has 2 rings (SSSR count). The Morgan fingerprint density at radius 2 is 2.29 bits per heavy atom. The molecule has 80 valence electrons. The number of carbonyl (C=O) groups excluding carboxylic acids is 1. The number of nitrogens with zero attached hydrogens (tertiary/aromatic N) is 1. The molecule has 0 unspecified atom stereocenters. The first-order valence-corrected chi connectivity index (χ1v) is 5.13. The van der Waals surface area contributed by atoms with Crippen molar-refractivity contribution in [3.05, 3.63) is 0 Å². The molecule has 0 aromatic carbocycles. The third kappa shape index (κ3) is 1.75. The Hall–Kier alpha value is -0.650. The molecule has 0 spiro atoms. The van der Waals surface area contributed by atoms with Crippen molar-refractivity contribution < 1.29 is 9.90 Å². The molecule has 14 heavy (non-hydrogen) atoms. The highest BCUT2D eigenvalue weighted by Crippen LogP contribution is 2.23. The SMILES string of the molecule is N[C@@H]1CC[C@@H](N2CCNC(=O)C2)[C@@H]1O. The van der Waals surface area contributed by atoms with Crippen LogP contribution in [-0.4, -0.2) is 53.7 Å². The minimum atomic E-state index is -0.471. The normalized spacial score (nSPS) is 39.9. The van der Waals surface area contributed by atoms with Gasteiger partial charge in [0.05, 0.1) is 12.6 Å². The van der Waals surface area contributed by atoms with Gasteiger partial charge in [0.2, 0.25) is 5.91 Å². The minimum Gasteiger partial charge on any atom is -0.390 e. The molecule has 3 atom stereocenters. The van der Waals surface area contributed by atoms with Crippen LogP contribution in [0.3, 0.4) is 0 Å². The molecule has 1 saturated heterocycles. The van der Waals surface area contributed by atoms with Crippen molar-refractivity contribution in [2.45, 2.75) is 31.0 Å². The number of aliphatic hydroxyl groups excluding tert-OH is 1. The first-order valence-electron chi connectivity index (χ1n) is 5.13. The fourth-order valence-electron chi connectivity index (χ4n) is 2.33. The lowest BCUT2D eigenvalue weighted by atomic mass is 10.1. The molecule has 1 aliphatic heterocycles. The van der Waals surface area contributed by atoms with E-state index < -0.39 is 6.10 Å². The number of hydrogen-bond acceptors (Lipinski definition) is 4. The summed E-state index contributed by atoms with van der Waals surface area (Å²) >= 11 is 0. The van der Waals surface area contributed by atoms with Crippen LogP contribution in [0.4, 0.5) is 0 Å². The van der Waals surface area contributed by atoms with Crippen molar-refractivity contribution in [3.8, 4) is 0 Å². The number of aliphatic hydroxyl groups is 1. The molecule has 2 fully saturated rings. The van der Waals surface area contributed by atoms with E-state index in [2.05, 4.69) is 5.32 Å². The molecule has 1 aliphatic carbocycles. The smallest absolute Gasteiger partial charge is 0.234 e. The van der Waals surface area contributed by atoms with Crippen LogP contribution in [0, 0.1) is 0 Å². The predicted molar refractivity (Wildman–Crippen MR) is 51.6 cm³/mol. The average Bonchev–Trinajstić information content (AvgIpc) is 2.48. The molecular weight excluding hydrogens is 182 g/mol. The van der Waals surface area contributed by atoms with Gasteiger partial charge in [0.25, 0.3) is 0 Å². The molecule has 0 radical (unpaired) electrons. The summed E-state index contributed by atoms with van der Waals surface area (Å²) in [6, 6.07) is -0.0407. The first-order chi connectivity index (χ1) is 6.68.